The number of carbonyl (C=O) groups excluding carboxylic acids is 1. The van der Waals surface area contributed by atoms with Gasteiger partial charge in [-0.05, 0) is 36.9 Å². The van der Waals surface area contributed by atoms with Crippen molar-refractivity contribution < 1.29 is 13.9 Å². The molecule has 22 heavy (non-hydrogen) atoms. The topological polar surface area (TPSA) is 41.6 Å². The lowest BCUT2D eigenvalue weighted by Gasteiger charge is -2.17. The summed E-state index contributed by atoms with van der Waals surface area (Å²) in [6.07, 6.45) is 0. The van der Waals surface area contributed by atoms with E-state index in [0.29, 0.717) is 18.0 Å². The SMILES string of the molecule is COc1ccccc1NC(=O)CN(C)Cc1ccc(F)cc1. The molecule has 0 atom stereocenters. The van der Waals surface area contributed by atoms with E-state index in [4.69, 9.17) is 4.74 Å². The van der Waals surface area contributed by atoms with Gasteiger partial charge in [0.05, 0.1) is 19.3 Å². The van der Waals surface area contributed by atoms with Crippen LogP contribution >= 0.6 is 0 Å². The zero-order valence-corrected chi connectivity index (χ0v) is 12.7. The molecule has 0 unspecified atom stereocenters. The Hall–Kier alpha value is -2.40. The van der Waals surface area contributed by atoms with Gasteiger partial charge in [-0.25, -0.2) is 4.39 Å². The van der Waals surface area contributed by atoms with Crippen LogP contribution in [0.2, 0.25) is 0 Å². The summed E-state index contributed by atoms with van der Waals surface area (Å²) in [5, 5.41) is 2.82. The molecule has 0 radical (unpaired) electrons. The summed E-state index contributed by atoms with van der Waals surface area (Å²) in [5.41, 5.74) is 1.60. The Balaban J connectivity index is 1.89. The standard InChI is InChI=1S/C17H19FN2O2/c1-20(11-13-7-9-14(18)10-8-13)12-17(21)19-15-5-3-4-6-16(15)22-2/h3-10H,11-12H2,1-2H3,(H,19,21). The number of halogens is 1. The maximum atomic E-state index is 12.9. The van der Waals surface area contributed by atoms with Gasteiger partial charge < -0.3 is 10.1 Å². The average molecular weight is 302 g/mol. The van der Waals surface area contributed by atoms with Gasteiger partial charge in [0, 0.05) is 6.54 Å². The Kier molecular flexibility index (Phi) is 5.49. The van der Waals surface area contributed by atoms with Crippen molar-refractivity contribution in [3.63, 3.8) is 0 Å². The number of carbonyl (C=O) groups is 1. The van der Waals surface area contributed by atoms with Crippen molar-refractivity contribution in [1.29, 1.82) is 0 Å². The predicted molar refractivity (Wildman–Crippen MR) is 84.4 cm³/mol. The maximum Gasteiger partial charge on any atom is 0.238 e. The van der Waals surface area contributed by atoms with Crippen molar-refractivity contribution in [3.8, 4) is 5.75 Å². The van der Waals surface area contributed by atoms with Gasteiger partial charge in [0.25, 0.3) is 0 Å². The van der Waals surface area contributed by atoms with Crippen LogP contribution in [0.15, 0.2) is 48.5 Å². The molecule has 0 spiro atoms. The second-order valence-electron chi connectivity index (χ2n) is 5.05. The molecule has 2 aromatic carbocycles. The van der Waals surface area contributed by atoms with E-state index >= 15 is 0 Å². The van der Waals surface area contributed by atoms with Crippen LogP contribution in [0.3, 0.4) is 0 Å². The minimum Gasteiger partial charge on any atom is -0.495 e. The van der Waals surface area contributed by atoms with E-state index in [1.807, 2.05) is 24.1 Å². The molecule has 0 aliphatic heterocycles. The minimum atomic E-state index is -0.264. The van der Waals surface area contributed by atoms with E-state index in [-0.39, 0.29) is 18.3 Å². The highest BCUT2D eigenvalue weighted by atomic mass is 19.1. The normalized spacial score (nSPS) is 10.5. The van der Waals surface area contributed by atoms with E-state index < -0.39 is 0 Å². The first-order valence-electron chi connectivity index (χ1n) is 6.94. The third-order valence-electron chi connectivity index (χ3n) is 3.16. The van der Waals surface area contributed by atoms with Crippen molar-refractivity contribution in [2.75, 3.05) is 26.0 Å². The second kappa shape index (κ2) is 7.56. The van der Waals surface area contributed by atoms with Crippen LogP contribution in [-0.2, 0) is 11.3 Å². The van der Waals surface area contributed by atoms with Gasteiger partial charge >= 0.3 is 0 Å². The van der Waals surface area contributed by atoms with Crippen molar-refractivity contribution in [2.45, 2.75) is 6.54 Å². The van der Waals surface area contributed by atoms with Gasteiger partial charge in [-0.1, -0.05) is 24.3 Å². The first-order valence-corrected chi connectivity index (χ1v) is 6.94. The van der Waals surface area contributed by atoms with Crippen LogP contribution < -0.4 is 10.1 Å². The summed E-state index contributed by atoms with van der Waals surface area (Å²) in [6, 6.07) is 13.5. The molecule has 0 aliphatic rings. The number of amides is 1. The molecule has 1 N–H and O–H groups in total. The first-order chi connectivity index (χ1) is 10.6. The van der Waals surface area contributed by atoms with Gasteiger partial charge in [0.15, 0.2) is 0 Å². The zero-order valence-electron chi connectivity index (χ0n) is 12.7. The monoisotopic (exact) mass is 302 g/mol. The highest BCUT2D eigenvalue weighted by Gasteiger charge is 2.10. The van der Waals surface area contributed by atoms with E-state index in [0.717, 1.165) is 5.56 Å². The molecule has 0 saturated carbocycles. The number of ether oxygens (including phenoxy) is 1. The molecule has 1 amide bonds. The van der Waals surface area contributed by atoms with E-state index in [1.54, 1.807) is 31.4 Å². The maximum absolute atomic E-state index is 12.9. The van der Waals surface area contributed by atoms with E-state index in [2.05, 4.69) is 5.32 Å². The Morgan fingerprint density at radius 3 is 2.55 bits per heavy atom. The molecule has 2 rings (SSSR count). The van der Waals surface area contributed by atoms with Crippen LogP contribution in [0.1, 0.15) is 5.56 Å². The van der Waals surface area contributed by atoms with Gasteiger partial charge in [-0.15, -0.1) is 0 Å². The number of nitrogens with zero attached hydrogens (tertiary/aromatic N) is 1. The predicted octanol–water partition coefficient (Wildman–Crippen LogP) is 2.90. The Morgan fingerprint density at radius 2 is 1.86 bits per heavy atom. The summed E-state index contributed by atoms with van der Waals surface area (Å²) >= 11 is 0. The van der Waals surface area contributed by atoms with Crippen LogP contribution in [0.25, 0.3) is 0 Å². The largest absolute Gasteiger partial charge is 0.495 e. The average Bonchev–Trinajstić information content (AvgIpc) is 2.50. The number of anilines is 1. The Morgan fingerprint density at radius 1 is 1.18 bits per heavy atom. The molecule has 2 aromatic rings. The highest BCUT2D eigenvalue weighted by Crippen LogP contribution is 2.22. The number of hydrogen-bond donors (Lipinski definition) is 1. The van der Waals surface area contributed by atoms with Crippen molar-refractivity contribution in [1.82, 2.24) is 4.90 Å². The molecule has 0 bridgehead atoms. The van der Waals surface area contributed by atoms with Crippen molar-refractivity contribution in [2.24, 2.45) is 0 Å². The highest BCUT2D eigenvalue weighted by molar-refractivity contribution is 5.93. The third-order valence-corrected chi connectivity index (χ3v) is 3.16. The van der Waals surface area contributed by atoms with E-state index in [1.165, 1.54) is 12.1 Å². The number of nitrogens with one attached hydrogen (secondary N) is 1. The zero-order chi connectivity index (χ0) is 15.9. The van der Waals surface area contributed by atoms with Crippen LogP contribution in [0.5, 0.6) is 5.75 Å². The molecule has 0 aromatic heterocycles. The molecule has 4 nitrogen and oxygen atoms in total. The molecular formula is C17H19FN2O2. The first kappa shape index (κ1) is 16.0. The Bertz CT molecular complexity index is 629. The van der Waals surface area contributed by atoms with Crippen molar-refractivity contribution in [3.05, 3.63) is 59.9 Å². The van der Waals surface area contributed by atoms with Crippen LogP contribution in [0, 0.1) is 5.82 Å². The number of hydrogen-bond acceptors (Lipinski definition) is 3. The number of para-hydroxylation sites is 2. The fourth-order valence-corrected chi connectivity index (χ4v) is 2.14. The molecule has 0 saturated heterocycles. The lowest BCUT2D eigenvalue weighted by Crippen LogP contribution is -2.29. The van der Waals surface area contributed by atoms with Crippen LogP contribution in [0.4, 0.5) is 10.1 Å². The quantitative estimate of drug-likeness (QED) is 0.892. The van der Waals surface area contributed by atoms with Gasteiger partial charge in [-0.3, -0.25) is 9.69 Å². The molecule has 0 fully saturated rings. The number of likely N-dealkylation sites (N-methyl/N-ethyl adjacent to an activating group) is 1. The Labute approximate surface area is 129 Å². The van der Waals surface area contributed by atoms with E-state index in [9.17, 15) is 9.18 Å². The fourth-order valence-electron chi connectivity index (χ4n) is 2.14. The summed E-state index contributed by atoms with van der Waals surface area (Å²) in [6.45, 7) is 0.801. The second-order valence-corrected chi connectivity index (χ2v) is 5.05. The number of rotatable bonds is 6. The van der Waals surface area contributed by atoms with Crippen LogP contribution in [-0.4, -0.2) is 31.5 Å². The molecule has 5 heteroatoms. The minimum absolute atomic E-state index is 0.130. The smallest absolute Gasteiger partial charge is 0.238 e. The van der Waals surface area contributed by atoms with Crippen molar-refractivity contribution >= 4 is 11.6 Å². The number of methoxy groups -OCH3 is 1. The van der Waals surface area contributed by atoms with Gasteiger partial charge in [0.1, 0.15) is 11.6 Å². The summed E-state index contributed by atoms with van der Waals surface area (Å²) in [4.78, 5) is 13.9. The lowest BCUT2D eigenvalue weighted by molar-refractivity contribution is -0.117. The summed E-state index contributed by atoms with van der Waals surface area (Å²) in [7, 11) is 3.40. The third kappa shape index (κ3) is 4.56. The number of benzene rings is 2. The summed E-state index contributed by atoms with van der Waals surface area (Å²) < 4.78 is 18.1. The lowest BCUT2D eigenvalue weighted by atomic mass is 10.2. The van der Waals surface area contributed by atoms with Gasteiger partial charge in [-0.2, -0.15) is 0 Å². The summed E-state index contributed by atoms with van der Waals surface area (Å²) in [5.74, 6) is 0.228. The molecule has 0 heterocycles. The molecule has 0 aliphatic carbocycles. The molecular weight excluding hydrogens is 283 g/mol. The van der Waals surface area contributed by atoms with Gasteiger partial charge in [0.2, 0.25) is 5.91 Å². The molecule has 116 valence electrons. The fraction of sp³-hybridized carbons (Fsp3) is 0.235.